The summed E-state index contributed by atoms with van der Waals surface area (Å²) in [5.74, 6) is 0.749. The summed E-state index contributed by atoms with van der Waals surface area (Å²) in [5.41, 5.74) is 1.50. The van der Waals surface area contributed by atoms with Gasteiger partial charge in [-0.1, -0.05) is 44.2 Å². The standard InChI is InChI=1S/C13H19N/c1-10(2)14-13-9-8-12(13)11-6-4-3-5-7-11/h3-7,10,12-14H,8-9H2,1-2H3/t12-,13?/m1/s1. The first-order valence-corrected chi connectivity index (χ1v) is 5.58. The van der Waals surface area contributed by atoms with Gasteiger partial charge in [-0.3, -0.25) is 0 Å². The van der Waals surface area contributed by atoms with E-state index in [0.29, 0.717) is 12.1 Å². The summed E-state index contributed by atoms with van der Waals surface area (Å²) >= 11 is 0. The largest absolute Gasteiger partial charge is 0.311 e. The smallest absolute Gasteiger partial charge is 0.0138 e. The van der Waals surface area contributed by atoms with Gasteiger partial charge >= 0.3 is 0 Å². The molecule has 1 aromatic rings. The fourth-order valence-corrected chi connectivity index (χ4v) is 2.23. The third-order valence-corrected chi connectivity index (χ3v) is 3.05. The predicted molar refractivity (Wildman–Crippen MR) is 60.5 cm³/mol. The highest BCUT2D eigenvalue weighted by atomic mass is 15.0. The van der Waals surface area contributed by atoms with E-state index in [2.05, 4.69) is 49.5 Å². The van der Waals surface area contributed by atoms with Gasteiger partial charge in [0.15, 0.2) is 0 Å². The van der Waals surface area contributed by atoms with Crippen LogP contribution in [0.1, 0.15) is 38.2 Å². The van der Waals surface area contributed by atoms with E-state index >= 15 is 0 Å². The SMILES string of the molecule is CC(C)NC1CC[C@@H]1c1ccccc1. The summed E-state index contributed by atoms with van der Waals surface area (Å²) < 4.78 is 0. The summed E-state index contributed by atoms with van der Waals surface area (Å²) in [5, 5.41) is 3.63. The molecule has 76 valence electrons. The maximum atomic E-state index is 3.63. The van der Waals surface area contributed by atoms with Crippen LogP contribution >= 0.6 is 0 Å². The Labute approximate surface area is 86.5 Å². The predicted octanol–water partition coefficient (Wildman–Crippen LogP) is 2.93. The van der Waals surface area contributed by atoms with E-state index in [0.717, 1.165) is 5.92 Å². The van der Waals surface area contributed by atoms with Crippen LogP contribution in [-0.2, 0) is 0 Å². The second kappa shape index (κ2) is 4.14. The monoisotopic (exact) mass is 189 g/mol. The molecule has 0 amide bonds. The number of rotatable bonds is 3. The average Bonchev–Trinajstić information content (AvgIpc) is 2.14. The Morgan fingerprint density at radius 3 is 2.36 bits per heavy atom. The molecule has 0 aliphatic heterocycles. The van der Waals surface area contributed by atoms with Crippen LogP contribution in [0.2, 0.25) is 0 Å². The van der Waals surface area contributed by atoms with Gasteiger partial charge in [0, 0.05) is 12.1 Å². The van der Waals surface area contributed by atoms with E-state index in [-0.39, 0.29) is 0 Å². The van der Waals surface area contributed by atoms with E-state index in [1.165, 1.54) is 18.4 Å². The third-order valence-electron chi connectivity index (χ3n) is 3.05. The lowest BCUT2D eigenvalue weighted by Gasteiger charge is -2.39. The Hall–Kier alpha value is -0.820. The Balaban J connectivity index is 2.00. The van der Waals surface area contributed by atoms with Crippen LogP contribution in [-0.4, -0.2) is 12.1 Å². The molecule has 1 aliphatic rings. The van der Waals surface area contributed by atoms with Crippen LogP contribution < -0.4 is 5.32 Å². The summed E-state index contributed by atoms with van der Waals surface area (Å²) in [6, 6.07) is 12.2. The summed E-state index contributed by atoms with van der Waals surface area (Å²) in [4.78, 5) is 0. The molecule has 1 nitrogen and oxygen atoms in total. The van der Waals surface area contributed by atoms with Crippen LogP contribution in [0, 0.1) is 0 Å². The van der Waals surface area contributed by atoms with Crippen LogP contribution in [0.25, 0.3) is 0 Å². The van der Waals surface area contributed by atoms with E-state index in [1.807, 2.05) is 0 Å². The van der Waals surface area contributed by atoms with Gasteiger partial charge in [0.1, 0.15) is 0 Å². The molecule has 1 saturated carbocycles. The van der Waals surface area contributed by atoms with Crippen molar-refractivity contribution in [2.24, 2.45) is 0 Å². The Kier molecular flexibility index (Phi) is 2.87. The first-order valence-electron chi connectivity index (χ1n) is 5.58. The van der Waals surface area contributed by atoms with Crippen molar-refractivity contribution in [2.75, 3.05) is 0 Å². The van der Waals surface area contributed by atoms with Gasteiger partial charge < -0.3 is 5.32 Å². The molecule has 0 spiro atoms. The van der Waals surface area contributed by atoms with Crippen LogP contribution in [0.5, 0.6) is 0 Å². The molecule has 0 aromatic heterocycles. The van der Waals surface area contributed by atoms with Crippen molar-refractivity contribution in [2.45, 2.75) is 44.7 Å². The van der Waals surface area contributed by atoms with Crippen molar-refractivity contribution in [3.05, 3.63) is 35.9 Å². The average molecular weight is 189 g/mol. The quantitative estimate of drug-likeness (QED) is 0.771. The lowest BCUT2D eigenvalue weighted by Crippen LogP contribution is -2.45. The van der Waals surface area contributed by atoms with Gasteiger partial charge in [-0.05, 0) is 24.3 Å². The Morgan fingerprint density at radius 2 is 1.86 bits per heavy atom. The van der Waals surface area contributed by atoms with Crippen LogP contribution in [0.4, 0.5) is 0 Å². The molecular weight excluding hydrogens is 170 g/mol. The van der Waals surface area contributed by atoms with E-state index < -0.39 is 0 Å². The van der Waals surface area contributed by atoms with E-state index in [1.54, 1.807) is 0 Å². The van der Waals surface area contributed by atoms with Crippen molar-refractivity contribution in [3.63, 3.8) is 0 Å². The molecule has 1 aliphatic carbocycles. The molecule has 0 radical (unpaired) electrons. The molecule has 1 aromatic carbocycles. The Morgan fingerprint density at radius 1 is 1.14 bits per heavy atom. The lowest BCUT2D eigenvalue weighted by molar-refractivity contribution is 0.268. The van der Waals surface area contributed by atoms with Gasteiger partial charge in [-0.15, -0.1) is 0 Å². The van der Waals surface area contributed by atoms with Crippen molar-refractivity contribution in [1.29, 1.82) is 0 Å². The highest BCUT2D eigenvalue weighted by molar-refractivity contribution is 5.24. The molecule has 14 heavy (non-hydrogen) atoms. The molecule has 1 unspecified atom stereocenters. The Bertz CT molecular complexity index is 279. The van der Waals surface area contributed by atoms with Gasteiger partial charge in [0.05, 0.1) is 0 Å². The summed E-state index contributed by atoms with van der Waals surface area (Å²) in [6.07, 6.45) is 2.67. The van der Waals surface area contributed by atoms with Crippen molar-refractivity contribution in [1.82, 2.24) is 5.32 Å². The number of hydrogen-bond acceptors (Lipinski definition) is 1. The highest BCUT2D eigenvalue weighted by Crippen LogP contribution is 2.36. The zero-order valence-corrected chi connectivity index (χ0v) is 9.03. The number of benzene rings is 1. The molecule has 2 rings (SSSR count). The van der Waals surface area contributed by atoms with E-state index in [9.17, 15) is 0 Å². The maximum Gasteiger partial charge on any atom is 0.0138 e. The van der Waals surface area contributed by atoms with Gasteiger partial charge in [-0.25, -0.2) is 0 Å². The van der Waals surface area contributed by atoms with Gasteiger partial charge in [0.25, 0.3) is 0 Å². The first-order chi connectivity index (χ1) is 6.77. The van der Waals surface area contributed by atoms with Crippen molar-refractivity contribution < 1.29 is 0 Å². The molecule has 1 heteroatoms. The highest BCUT2D eigenvalue weighted by Gasteiger charge is 2.31. The third kappa shape index (κ3) is 1.98. The van der Waals surface area contributed by atoms with Crippen molar-refractivity contribution in [3.8, 4) is 0 Å². The fourth-order valence-electron chi connectivity index (χ4n) is 2.23. The molecular formula is C13H19N. The van der Waals surface area contributed by atoms with Gasteiger partial charge in [0.2, 0.25) is 0 Å². The molecule has 1 N–H and O–H groups in total. The van der Waals surface area contributed by atoms with Crippen LogP contribution in [0.15, 0.2) is 30.3 Å². The zero-order chi connectivity index (χ0) is 9.97. The molecule has 2 atom stereocenters. The normalized spacial score (nSPS) is 26.2. The van der Waals surface area contributed by atoms with Crippen LogP contribution in [0.3, 0.4) is 0 Å². The summed E-state index contributed by atoms with van der Waals surface area (Å²) in [6.45, 7) is 4.45. The molecule has 0 saturated heterocycles. The lowest BCUT2D eigenvalue weighted by atomic mass is 9.75. The molecule has 0 bridgehead atoms. The van der Waals surface area contributed by atoms with Crippen molar-refractivity contribution >= 4 is 0 Å². The maximum absolute atomic E-state index is 3.63. The fraction of sp³-hybridized carbons (Fsp3) is 0.538. The number of nitrogens with one attached hydrogen (secondary N) is 1. The summed E-state index contributed by atoms with van der Waals surface area (Å²) in [7, 11) is 0. The first kappa shape index (κ1) is 9.72. The zero-order valence-electron chi connectivity index (χ0n) is 9.03. The van der Waals surface area contributed by atoms with Gasteiger partial charge in [-0.2, -0.15) is 0 Å². The second-order valence-corrected chi connectivity index (χ2v) is 4.52. The molecule has 1 fully saturated rings. The minimum atomic E-state index is 0.603. The molecule has 0 heterocycles. The topological polar surface area (TPSA) is 12.0 Å². The van der Waals surface area contributed by atoms with E-state index in [4.69, 9.17) is 0 Å². The minimum absolute atomic E-state index is 0.603. The minimum Gasteiger partial charge on any atom is -0.311 e. The second-order valence-electron chi connectivity index (χ2n) is 4.52. The number of hydrogen-bond donors (Lipinski definition) is 1.